The molecule has 2 aromatic rings. The molecule has 8 N–H and O–H groups in total. The number of hydrogen-bond acceptors (Lipinski definition) is 11. The monoisotopic (exact) mass is 601 g/mol. The summed E-state index contributed by atoms with van der Waals surface area (Å²) in [6.45, 7) is 6.20. The van der Waals surface area contributed by atoms with Crippen LogP contribution >= 0.6 is 0 Å². The number of primary amides is 1. The first kappa shape index (κ1) is 31.6. The van der Waals surface area contributed by atoms with Crippen LogP contribution in [-0.2, 0) is 14.4 Å². The Morgan fingerprint density at radius 2 is 1.67 bits per heavy atom. The summed E-state index contributed by atoms with van der Waals surface area (Å²) in [5, 5.41) is 38.8. The number of allylic oxidation sites excluding steroid dienone is 1. The Morgan fingerprint density at radius 3 is 2.26 bits per heavy atom. The Hall–Kier alpha value is -4.34. The van der Waals surface area contributed by atoms with E-state index < -0.39 is 30.0 Å². The van der Waals surface area contributed by atoms with Crippen LogP contribution in [0.3, 0.4) is 0 Å². The lowest BCUT2D eigenvalue weighted by Gasteiger charge is -2.35. The molecule has 1 aromatic carbocycles. The van der Waals surface area contributed by atoms with Crippen LogP contribution in [0.25, 0.3) is 0 Å². The lowest BCUT2D eigenvalue weighted by Crippen LogP contribution is -2.44. The van der Waals surface area contributed by atoms with E-state index in [1.165, 1.54) is 5.69 Å². The number of carboxylic acid groups (broad SMARTS) is 2. The van der Waals surface area contributed by atoms with Gasteiger partial charge in [-0.05, 0) is 56.0 Å². The highest BCUT2D eigenvalue weighted by Gasteiger charge is 2.47. The highest BCUT2D eigenvalue weighted by molar-refractivity contribution is 5.83. The fraction of sp³-hybridized carbons (Fsp3) is 0.464. The van der Waals surface area contributed by atoms with Gasteiger partial charge >= 0.3 is 11.9 Å². The number of aliphatic hydroxyl groups excluding tert-OH is 2. The van der Waals surface area contributed by atoms with E-state index in [0.717, 1.165) is 50.0 Å². The average Bonchev–Trinajstić information content (AvgIpc) is 3.57. The Balaban J connectivity index is 0.000000365. The predicted molar refractivity (Wildman–Crippen MR) is 154 cm³/mol. The molecular weight excluding hydrogens is 565 g/mol. The smallest absolute Gasteiger partial charge is 0.335 e. The number of nitrogens with two attached hydrogens (primary N) is 1. The number of nitrogens with zero attached hydrogens (tertiary/aromatic N) is 4. The van der Waals surface area contributed by atoms with Crippen LogP contribution in [0.1, 0.15) is 12.0 Å². The van der Waals surface area contributed by atoms with Crippen LogP contribution in [0.15, 0.2) is 36.5 Å². The normalized spacial score (nSPS) is 24.1. The quantitative estimate of drug-likeness (QED) is 0.194. The zero-order chi connectivity index (χ0) is 31.4. The maximum Gasteiger partial charge on any atom is 0.335 e. The second kappa shape index (κ2) is 13.3. The third-order valence-corrected chi connectivity index (χ3v) is 7.94. The number of likely N-dealkylation sites (N-methyl/N-ethyl adjacent to an activating group) is 1. The number of hydrogen-bond donors (Lipinski definition) is 7. The lowest BCUT2D eigenvalue weighted by molar-refractivity contribution is -0.165. The number of benzene rings is 1. The number of carboxylic acids is 2. The minimum Gasteiger partial charge on any atom is -0.479 e. The summed E-state index contributed by atoms with van der Waals surface area (Å²) in [5.41, 5.74) is 8.84. The van der Waals surface area contributed by atoms with Gasteiger partial charge in [0.25, 0.3) is 0 Å². The van der Waals surface area contributed by atoms with Gasteiger partial charge in [0.2, 0.25) is 11.9 Å². The minimum absolute atomic E-state index is 0.0791. The molecule has 2 fully saturated rings. The van der Waals surface area contributed by atoms with E-state index in [1.54, 1.807) is 0 Å². The molecule has 5 rings (SSSR count). The molecule has 2 unspecified atom stereocenters. The Morgan fingerprint density at radius 1 is 1.05 bits per heavy atom. The molecule has 14 nitrogen and oxygen atoms in total. The van der Waals surface area contributed by atoms with Gasteiger partial charge in [0, 0.05) is 43.6 Å². The zero-order valence-corrected chi connectivity index (χ0v) is 23.7. The lowest BCUT2D eigenvalue weighted by atomic mass is 9.88. The third-order valence-electron chi connectivity index (χ3n) is 7.94. The topological polar surface area (TPSA) is 214 Å². The first-order chi connectivity index (χ1) is 20.3. The van der Waals surface area contributed by atoms with Gasteiger partial charge in [-0.15, -0.1) is 0 Å². The van der Waals surface area contributed by atoms with E-state index in [9.17, 15) is 18.8 Å². The number of piperazine rings is 1. The van der Waals surface area contributed by atoms with Crippen molar-refractivity contribution in [1.29, 1.82) is 0 Å². The van der Waals surface area contributed by atoms with E-state index in [0.29, 0.717) is 5.95 Å². The van der Waals surface area contributed by atoms with Crippen molar-refractivity contribution in [3.63, 3.8) is 0 Å². The highest BCUT2D eigenvalue weighted by atomic mass is 19.1. The number of aromatic nitrogens is 2. The van der Waals surface area contributed by atoms with Crippen LogP contribution in [0, 0.1) is 30.5 Å². The van der Waals surface area contributed by atoms with Gasteiger partial charge in [0.05, 0.1) is 12.1 Å². The average molecular weight is 602 g/mol. The van der Waals surface area contributed by atoms with Crippen LogP contribution in [0.5, 0.6) is 0 Å². The largest absolute Gasteiger partial charge is 0.479 e. The Bertz CT molecular complexity index is 1370. The molecule has 1 saturated carbocycles. The molecule has 232 valence electrons. The standard InChI is InChI=1S/C24H30FN7O.C4H6O6/c1-14-11-17(5-6-19(14)32-9-7-31(2)8-10-32)28-24-27-13-18(25)23(30-24)29-21-16-4-3-15(12-16)20(21)22(26)33;5-1(3(7)8)2(6)4(9)10/h3-6,11,13,15-16,20-21H,7-10,12H2,1-2H3,(H2,26,33)(H2,27,28,29,30);1-2,5-6H,(H,7,8)(H,9,10)/t15-,16+,20+,21-;/m1./s1. The van der Waals surface area contributed by atoms with E-state index in [-0.39, 0.29) is 35.5 Å². The SMILES string of the molecule is Cc1cc(Nc2ncc(F)c(N[C@H]3[C@@H](C(N)=O)[C@@H]4C=C[C@H]3C4)n2)ccc1N1CCN(C)CC1.O=C(O)C(O)C(O)C(=O)O. The fourth-order valence-corrected chi connectivity index (χ4v) is 5.63. The van der Waals surface area contributed by atoms with Gasteiger partial charge in [0.15, 0.2) is 23.8 Å². The van der Waals surface area contributed by atoms with E-state index in [4.69, 9.17) is 26.2 Å². The van der Waals surface area contributed by atoms with E-state index in [1.807, 2.05) is 12.1 Å². The summed E-state index contributed by atoms with van der Waals surface area (Å²) in [7, 11) is 2.14. The summed E-state index contributed by atoms with van der Waals surface area (Å²) in [5.74, 6) is -4.21. The summed E-state index contributed by atoms with van der Waals surface area (Å²) < 4.78 is 14.5. The number of aryl methyl sites for hydroxylation is 1. The van der Waals surface area contributed by atoms with Crippen LogP contribution < -0.4 is 21.3 Å². The van der Waals surface area contributed by atoms with Crippen molar-refractivity contribution in [3.8, 4) is 0 Å². The molecule has 2 bridgehead atoms. The molecule has 2 heterocycles. The summed E-state index contributed by atoms with van der Waals surface area (Å²) in [6.07, 6.45) is 1.57. The molecule has 1 aromatic heterocycles. The number of fused-ring (bicyclic) bond motifs is 2. The molecule has 1 amide bonds. The van der Waals surface area contributed by atoms with Crippen molar-refractivity contribution >= 4 is 41.0 Å². The summed E-state index contributed by atoms with van der Waals surface area (Å²) >= 11 is 0. The number of nitrogens with one attached hydrogen (secondary N) is 2. The van der Waals surface area contributed by atoms with Crippen molar-refractivity contribution < 1.29 is 39.2 Å². The molecule has 2 aliphatic carbocycles. The number of rotatable bonds is 9. The Kier molecular flexibility index (Phi) is 9.78. The van der Waals surface area contributed by atoms with E-state index in [2.05, 4.69) is 62.6 Å². The fourth-order valence-electron chi connectivity index (χ4n) is 5.63. The number of halogens is 1. The second-order valence-electron chi connectivity index (χ2n) is 10.9. The number of amides is 1. The molecule has 1 saturated heterocycles. The van der Waals surface area contributed by atoms with Crippen molar-refractivity contribution in [1.82, 2.24) is 14.9 Å². The van der Waals surface area contributed by atoms with Gasteiger partial charge in [-0.25, -0.2) is 19.0 Å². The van der Waals surface area contributed by atoms with Crippen molar-refractivity contribution in [3.05, 3.63) is 47.9 Å². The van der Waals surface area contributed by atoms with Gasteiger partial charge in [-0.2, -0.15) is 4.98 Å². The van der Waals surface area contributed by atoms with Gasteiger partial charge in [-0.1, -0.05) is 12.2 Å². The van der Waals surface area contributed by atoms with Gasteiger partial charge in [0.1, 0.15) is 0 Å². The van der Waals surface area contributed by atoms with Gasteiger partial charge < -0.3 is 46.6 Å². The van der Waals surface area contributed by atoms with Crippen molar-refractivity contribution in [2.24, 2.45) is 23.5 Å². The highest BCUT2D eigenvalue weighted by Crippen LogP contribution is 2.45. The molecule has 0 radical (unpaired) electrons. The van der Waals surface area contributed by atoms with Crippen molar-refractivity contribution in [2.45, 2.75) is 31.6 Å². The second-order valence-corrected chi connectivity index (χ2v) is 10.9. The van der Waals surface area contributed by atoms with E-state index >= 15 is 0 Å². The number of anilines is 4. The molecule has 43 heavy (non-hydrogen) atoms. The molecule has 6 atom stereocenters. The first-order valence-corrected chi connectivity index (χ1v) is 13.7. The maximum absolute atomic E-state index is 14.5. The van der Waals surface area contributed by atoms with Crippen LogP contribution in [0.4, 0.5) is 27.5 Å². The molecular formula is C28H36FN7O7. The van der Waals surface area contributed by atoms with Crippen LogP contribution in [0.2, 0.25) is 0 Å². The molecule has 3 aliphatic rings. The predicted octanol–water partition coefficient (Wildman–Crippen LogP) is 0.385. The summed E-state index contributed by atoms with van der Waals surface area (Å²) in [4.78, 5) is 44.7. The zero-order valence-electron chi connectivity index (χ0n) is 23.7. The maximum atomic E-state index is 14.5. The molecule has 1 aliphatic heterocycles. The third kappa shape index (κ3) is 7.36. The number of carbonyl (C=O) groups excluding carboxylic acids is 1. The van der Waals surface area contributed by atoms with Crippen molar-refractivity contribution in [2.75, 3.05) is 48.8 Å². The minimum atomic E-state index is -2.27. The summed E-state index contributed by atoms with van der Waals surface area (Å²) in [6, 6.07) is 5.88. The Labute approximate surface area is 247 Å². The molecule has 0 spiro atoms. The molecule has 15 heteroatoms. The van der Waals surface area contributed by atoms with Gasteiger partial charge in [-0.3, -0.25) is 4.79 Å². The number of carbonyl (C=O) groups is 3. The van der Waals surface area contributed by atoms with Crippen LogP contribution in [-0.4, -0.2) is 105 Å². The number of aliphatic carboxylic acids is 2. The number of aliphatic hydroxyl groups is 2. The first-order valence-electron chi connectivity index (χ1n) is 13.7.